The number of hydrogen-bond acceptors (Lipinski definition) is 5. The smallest absolute Gasteiger partial charge is 0.253 e. The summed E-state index contributed by atoms with van der Waals surface area (Å²) in [6.07, 6.45) is 3.06. The van der Waals surface area contributed by atoms with Crippen LogP contribution in [0, 0.1) is 11.8 Å². The van der Waals surface area contributed by atoms with Crippen molar-refractivity contribution in [1.82, 2.24) is 10.2 Å². The summed E-state index contributed by atoms with van der Waals surface area (Å²) in [6.45, 7) is 6.68. The van der Waals surface area contributed by atoms with Gasteiger partial charge in [-0.3, -0.25) is 9.59 Å². The second-order valence-corrected chi connectivity index (χ2v) is 11.6. The minimum absolute atomic E-state index is 0.00880. The molecular weight excluding hydrogens is 524 g/mol. The van der Waals surface area contributed by atoms with Crippen molar-refractivity contribution in [2.45, 2.75) is 45.1 Å². The molecule has 0 aliphatic carbocycles. The third-order valence-electron chi connectivity index (χ3n) is 8.56. The van der Waals surface area contributed by atoms with Gasteiger partial charge in [0.2, 0.25) is 5.91 Å². The maximum atomic E-state index is 13.5. The molecule has 0 atom stereocenters. The Balaban J connectivity index is 1.58. The zero-order valence-corrected chi connectivity index (χ0v) is 25.5. The number of aliphatic hydroxyl groups is 1. The summed E-state index contributed by atoms with van der Waals surface area (Å²) < 4.78 is 0. The summed E-state index contributed by atoms with van der Waals surface area (Å²) in [5.41, 5.74) is 2.71. The highest BCUT2D eigenvalue weighted by Gasteiger charge is 2.41. The highest BCUT2D eigenvalue weighted by atomic mass is 16.3. The van der Waals surface area contributed by atoms with Crippen LogP contribution in [-0.4, -0.2) is 62.1 Å². The van der Waals surface area contributed by atoms with E-state index in [0.717, 1.165) is 49.0 Å². The number of nitrogens with one attached hydrogen (secondary N) is 2. The molecule has 3 aromatic carbocycles. The van der Waals surface area contributed by atoms with E-state index in [-0.39, 0.29) is 23.7 Å². The number of rotatable bonds is 12. The maximum absolute atomic E-state index is 13.5. The molecule has 3 N–H and O–H groups in total. The topological polar surface area (TPSA) is 84.9 Å². The van der Waals surface area contributed by atoms with Gasteiger partial charge in [-0.25, -0.2) is 0 Å². The van der Waals surface area contributed by atoms with Crippen LogP contribution in [-0.2, 0) is 10.4 Å². The Morgan fingerprint density at radius 3 is 2.02 bits per heavy atom. The molecule has 0 aromatic heterocycles. The monoisotopic (exact) mass is 570 g/mol. The fraction of sp³-hybridized carbons (Fsp3) is 0.429. The molecule has 0 unspecified atom stereocenters. The highest BCUT2D eigenvalue weighted by Crippen LogP contribution is 2.43. The SMILES string of the molecule is CCC(CC)C(=O)Nc1ccc(N2CCC(C(O)(c3ccccc3)c3ccccc3)CC2)c(C(=O)NCCN(C)C)c1. The van der Waals surface area contributed by atoms with Crippen LogP contribution in [0.5, 0.6) is 0 Å². The molecule has 0 radical (unpaired) electrons. The molecule has 4 rings (SSSR count). The van der Waals surface area contributed by atoms with Crippen molar-refractivity contribution in [2.75, 3.05) is 50.5 Å². The fourth-order valence-corrected chi connectivity index (χ4v) is 6.02. The molecule has 1 heterocycles. The van der Waals surface area contributed by atoms with Crippen LogP contribution >= 0.6 is 0 Å². The Bertz CT molecular complexity index is 1260. The van der Waals surface area contributed by atoms with E-state index < -0.39 is 5.60 Å². The summed E-state index contributed by atoms with van der Waals surface area (Å²) in [5, 5.41) is 18.4. The number of hydrogen-bond donors (Lipinski definition) is 3. The Morgan fingerprint density at radius 2 is 1.50 bits per heavy atom. The lowest BCUT2D eigenvalue weighted by Crippen LogP contribution is -2.45. The lowest BCUT2D eigenvalue weighted by Gasteiger charge is -2.43. The zero-order valence-electron chi connectivity index (χ0n) is 25.5. The molecule has 224 valence electrons. The van der Waals surface area contributed by atoms with Crippen LogP contribution in [0.3, 0.4) is 0 Å². The van der Waals surface area contributed by atoms with Crippen molar-refractivity contribution < 1.29 is 14.7 Å². The minimum atomic E-state index is -1.11. The van der Waals surface area contributed by atoms with E-state index in [0.29, 0.717) is 30.9 Å². The van der Waals surface area contributed by atoms with Crippen molar-refractivity contribution in [2.24, 2.45) is 11.8 Å². The van der Waals surface area contributed by atoms with Crippen LogP contribution in [0.25, 0.3) is 0 Å². The number of amides is 2. The molecule has 42 heavy (non-hydrogen) atoms. The number of carbonyl (C=O) groups excluding carboxylic acids is 2. The van der Waals surface area contributed by atoms with Gasteiger partial charge >= 0.3 is 0 Å². The molecule has 0 bridgehead atoms. The first-order valence-corrected chi connectivity index (χ1v) is 15.2. The van der Waals surface area contributed by atoms with Gasteiger partial charge in [0.05, 0.1) is 5.56 Å². The van der Waals surface area contributed by atoms with Gasteiger partial charge in [-0.15, -0.1) is 0 Å². The van der Waals surface area contributed by atoms with Crippen LogP contribution in [0.4, 0.5) is 11.4 Å². The van der Waals surface area contributed by atoms with Gasteiger partial charge in [0.25, 0.3) is 5.91 Å². The summed E-state index contributed by atoms with van der Waals surface area (Å²) in [4.78, 5) is 30.5. The van der Waals surface area contributed by atoms with Crippen LogP contribution in [0.2, 0.25) is 0 Å². The quantitative estimate of drug-likeness (QED) is 0.268. The summed E-state index contributed by atoms with van der Waals surface area (Å²) >= 11 is 0. The first kappa shape index (κ1) is 31.3. The molecule has 0 saturated carbocycles. The predicted molar refractivity (Wildman–Crippen MR) is 171 cm³/mol. The third kappa shape index (κ3) is 7.20. The molecule has 1 saturated heterocycles. The molecule has 7 nitrogen and oxygen atoms in total. The molecule has 3 aromatic rings. The standard InChI is InChI=1S/C35H46N4O3/c1-5-26(6-2)33(40)37-30-17-18-32(31(25-30)34(41)36-21-24-38(3)4)39-22-19-29(20-23-39)35(42,27-13-9-7-10-14-27)28-15-11-8-12-16-28/h7-18,25-26,29,42H,5-6,19-24H2,1-4H3,(H,36,41)(H,37,40). The predicted octanol–water partition coefficient (Wildman–Crippen LogP) is 5.51. The van der Waals surface area contributed by atoms with E-state index in [1.807, 2.05) is 106 Å². The van der Waals surface area contributed by atoms with Gasteiger partial charge in [-0.1, -0.05) is 74.5 Å². The average Bonchev–Trinajstić information content (AvgIpc) is 3.02. The van der Waals surface area contributed by atoms with Crippen LogP contribution in [0.15, 0.2) is 78.9 Å². The number of likely N-dealkylation sites (N-methyl/N-ethyl adjacent to an activating group) is 1. The third-order valence-corrected chi connectivity index (χ3v) is 8.56. The Kier molecular flexibility index (Phi) is 10.8. The second-order valence-electron chi connectivity index (χ2n) is 11.6. The van der Waals surface area contributed by atoms with E-state index in [1.54, 1.807) is 6.07 Å². The van der Waals surface area contributed by atoms with Gasteiger partial charge in [0.1, 0.15) is 5.60 Å². The Labute approximate surface area is 250 Å². The molecule has 1 aliphatic rings. The first-order valence-electron chi connectivity index (χ1n) is 15.2. The number of nitrogens with zero attached hydrogens (tertiary/aromatic N) is 2. The van der Waals surface area contributed by atoms with E-state index in [9.17, 15) is 14.7 Å². The summed E-state index contributed by atoms with van der Waals surface area (Å²) in [7, 11) is 3.95. The van der Waals surface area contributed by atoms with Gasteiger partial charge in [-0.05, 0) is 75.0 Å². The zero-order chi connectivity index (χ0) is 30.1. The second kappa shape index (κ2) is 14.5. The summed E-state index contributed by atoms with van der Waals surface area (Å²) in [5.74, 6) is -0.227. The van der Waals surface area contributed by atoms with E-state index in [1.165, 1.54) is 0 Å². The molecule has 0 spiro atoms. The normalized spacial score (nSPS) is 14.3. The largest absolute Gasteiger partial charge is 0.380 e. The van der Waals surface area contributed by atoms with Gasteiger partial charge < -0.3 is 25.5 Å². The number of carbonyl (C=O) groups is 2. The van der Waals surface area contributed by atoms with Crippen LogP contribution in [0.1, 0.15) is 61.0 Å². The van der Waals surface area contributed by atoms with Crippen molar-refractivity contribution in [3.63, 3.8) is 0 Å². The van der Waals surface area contributed by atoms with E-state index in [2.05, 4.69) is 15.5 Å². The van der Waals surface area contributed by atoms with Crippen molar-refractivity contribution >= 4 is 23.2 Å². The molecule has 1 fully saturated rings. The number of piperidine rings is 1. The first-order chi connectivity index (χ1) is 20.3. The Hall–Kier alpha value is -3.68. The van der Waals surface area contributed by atoms with E-state index in [4.69, 9.17) is 0 Å². The van der Waals surface area contributed by atoms with Crippen molar-refractivity contribution in [1.29, 1.82) is 0 Å². The van der Waals surface area contributed by atoms with Crippen molar-refractivity contribution in [3.8, 4) is 0 Å². The highest BCUT2D eigenvalue weighted by molar-refractivity contribution is 6.02. The lowest BCUT2D eigenvalue weighted by atomic mass is 9.72. The van der Waals surface area contributed by atoms with Gasteiger partial charge in [-0.2, -0.15) is 0 Å². The van der Waals surface area contributed by atoms with Crippen molar-refractivity contribution in [3.05, 3.63) is 95.6 Å². The van der Waals surface area contributed by atoms with Gasteiger partial charge in [0.15, 0.2) is 0 Å². The maximum Gasteiger partial charge on any atom is 0.253 e. The molecule has 1 aliphatic heterocycles. The number of anilines is 2. The summed E-state index contributed by atoms with van der Waals surface area (Å²) in [6, 6.07) is 25.5. The van der Waals surface area contributed by atoms with E-state index >= 15 is 0 Å². The minimum Gasteiger partial charge on any atom is -0.380 e. The average molecular weight is 571 g/mol. The lowest BCUT2D eigenvalue weighted by molar-refractivity contribution is -0.120. The van der Waals surface area contributed by atoms with Crippen LogP contribution < -0.4 is 15.5 Å². The van der Waals surface area contributed by atoms with Gasteiger partial charge in [0, 0.05) is 43.5 Å². The number of benzene rings is 3. The fourth-order valence-electron chi connectivity index (χ4n) is 6.02. The molecule has 7 heteroatoms. The Morgan fingerprint density at radius 1 is 0.929 bits per heavy atom. The molecular formula is C35H46N4O3. The molecule has 2 amide bonds.